The van der Waals surface area contributed by atoms with E-state index >= 15 is 0 Å². The van der Waals surface area contributed by atoms with Crippen molar-refractivity contribution in [3.63, 3.8) is 0 Å². The van der Waals surface area contributed by atoms with Crippen molar-refractivity contribution >= 4 is 21.8 Å². The van der Waals surface area contributed by atoms with Crippen molar-refractivity contribution in [3.8, 4) is 0 Å². The zero-order chi connectivity index (χ0) is 11.9. The molecule has 0 heterocycles. The number of alkyl halides is 1. The van der Waals surface area contributed by atoms with Crippen molar-refractivity contribution in [2.45, 2.75) is 70.2 Å². The maximum atomic E-state index is 11.7. The molecular weight excluding hydrogens is 254 g/mol. The lowest BCUT2D eigenvalue weighted by molar-refractivity contribution is -0.123. The van der Waals surface area contributed by atoms with E-state index in [1.54, 1.807) is 0 Å². The highest BCUT2D eigenvalue weighted by molar-refractivity contribution is 9.10. The van der Waals surface area contributed by atoms with Crippen LogP contribution in [0.5, 0.6) is 0 Å². The van der Waals surface area contributed by atoms with E-state index in [0.29, 0.717) is 6.04 Å². The zero-order valence-electron chi connectivity index (χ0n) is 10.4. The first-order chi connectivity index (χ1) is 6.91. The predicted molar refractivity (Wildman–Crippen MR) is 69.4 cm³/mol. The van der Waals surface area contributed by atoms with Gasteiger partial charge in [0, 0.05) is 6.04 Å². The summed E-state index contributed by atoms with van der Waals surface area (Å²) in [5, 5.41) is 3.08. The third-order valence-electron chi connectivity index (χ3n) is 2.52. The van der Waals surface area contributed by atoms with Crippen LogP contribution >= 0.6 is 15.9 Å². The predicted octanol–water partition coefficient (Wildman–Crippen LogP) is 3.64. The molecular formula is C12H24BrNO. The molecule has 0 radical (unpaired) electrons. The zero-order valence-corrected chi connectivity index (χ0v) is 12.0. The fourth-order valence-corrected chi connectivity index (χ4v) is 1.49. The fraction of sp³-hybridized carbons (Fsp3) is 0.917. The Morgan fingerprint density at radius 2 is 1.93 bits per heavy atom. The average Bonchev–Trinajstić information content (AvgIpc) is 2.14. The highest BCUT2D eigenvalue weighted by atomic mass is 79.9. The van der Waals surface area contributed by atoms with Gasteiger partial charge in [-0.05, 0) is 26.7 Å². The summed E-state index contributed by atoms with van der Waals surface area (Å²) in [4.78, 5) is 11.7. The summed E-state index contributed by atoms with van der Waals surface area (Å²) < 4.78 is -0.453. The molecule has 0 rings (SSSR count). The van der Waals surface area contributed by atoms with E-state index in [9.17, 15) is 4.79 Å². The molecule has 0 aliphatic rings. The largest absolute Gasteiger partial charge is 0.352 e. The number of hydrogen-bond acceptors (Lipinski definition) is 1. The summed E-state index contributed by atoms with van der Waals surface area (Å²) in [5.41, 5.74) is 0. The molecule has 0 saturated carbocycles. The minimum atomic E-state index is -0.453. The highest BCUT2D eigenvalue weighted by Crippen LogP contribution is 2.17. The Morgan fingerprint density at radius 1 is 1.33 bits per heavy atom. The van der Waals surface area contributed by atoms with E-state index in [2.05, 4.69) is 35.1 Å². The van der Waals surface area contributed by atoms with Crippen LogP contribution in [0.4, 0.5) is 0 Å². The van der Waals surface area contributed by atoms with E-state index < -0.39 is 4.32 Å². The van der Waals surface area contributed by atoms with E-state index in [-0.39, 0.29) is 5.91 Å². The molecule has 0 spiro atoms. The van der Waals surface area contributed by atoms with E-state index in [0.717, 1.165) is 12.8 Å². The quantitative estimate of drug-likeness (QED) is 0.559. The Kier molecular flexibility index (Phi) is 7.24. The third kappa shape index (κ3) is 6.93. The van der Waals surface area contributed by atoms with Crippen LogP contribution in [0.15, 0.2) is 0 Å². The minimum Gasteiger partial charge on any atom is -0.352 e. The van der Waals surface area contributed by atoms with Gasteiger partial charge >= 0.3 is 0 Å². The molecule has 90 valence electrons. The summed E-state index contributed by atoms with van der Waals surface area (Å²) >= 11 is 3.37. The molecule has 1 amide bonds. The normalized spacial score (nSPS) is 13.7. The number of hydrogen-bond donors (Lipinski definition) is 1. The molecule has 2 nitrogen and oxygen atoms in total. The van der Waals surface area contributed by atoms with Crippen molar-refractivity contribution in [2.75, 3.05) is 0 Å². The number of carbonyl (C=O) groups is 1. The summed E-state index contributed by atoms with van der Waals surface area (Å²) in [6, 6.07) is 0.334. The first kappa shape index (κ1) is 14.9. The molecule has 0 aromatic heterocycles. The number of halogens is 1. The van der Waals surface area contributed by atoms with Crippen molar-refractivity contribution in [1.82, 2.24) is 5.32 Å². The fourth-order valence-electron chi connectivity index (χ4n) is 1.38. The Bertz CT molecular complexity index is 187. The van der Waals surface area contributed by atoms with Crippen molar-refractivity contribution in [2.24, 2.45) is 0 Å². The van der Waals surface area contributed by atoms with E-state index in [1.807, 2.05) is 13.8 Å². The lowest BCUT2D eigenvalue weighted by Gasteiger charge is -2.22. The molecule has 0 aromatic rings. The van der Waals surface area contributed by atoms with Crippen LogP contribution in [-0.2, 0) is 4.79 Å². The number of carbonyl (C=O) groups excluding carboxylic acids is 1. The number of nitrogens with one attached hydrogen (secondary N) is 1. The van der Waals surface area contributed by atoms with Gasteiger partial charge in [0.1, 0.15) is 0 Å². The molecule has 0 aromatic carbocycles. The van der Waals surface area contributed by atoms with Gasteiger partial charge in [-0.15, -0.1) is 0 Å². The molecule has 3 heteroatoms. The van der Waals surface area contributed by atoms with Gasteiger partial charge in [0.25, 0.3) is 0 Å². The van der Waals surface area contributed by atoms with Crippen molar-refractivity contribution in [3.05, 3.63) is 0 Å². The monoisotopic (exact) mass is 277 g/mol. The number of unbranched alkanes of at least 4 members (excludes halogenated alkanes) is 2. The molecule has 0 saturated heterocycles. The van der Waals surface area contributed by atoms with Crippen molar-refractivity contribution < 1.29 is 4.79 Å². The van der Waals surface area contributed by atoms with Gasteiger partial charge in [0.2, 0.25) is 5.91 Å². The lowest BCUT2D eigenvalue weighted by atomic mass is 10.1. The van der Waals surface area contributed by atoms with Gasteiger partial charge in [-0.3, -0.25) is 4.79 Å². The molecule has 0 aliphatic carbocycles. The Balaban J connectivity index is 3.94. The number of rotatable bonds is 7. The van der Waals surface area contributed by atoms with Crippen LogP contribution in [-0.4, -0.2) is 16.3 Å². The smallest absolute Gasteiger partial charge is 0.236 e. The van der Waals surface area contributed by atoms with Gasteiger partial charge in [-0.25, -0.2) is 0 Å². The highest BCUT2D eigenvalue weighted by Gasteiger charge is 2.25. The van der Waals surface area contributed by atoms with Crippen LogP contribution in [0.2, 0.25) is 0 Å². The molecule has 1 atom stereocenters. The molecule has 0 aliphatic heterocycles. The van der Waals surface area contributed by atoms with Crippen LogP contribution in [0.3, 0.4) is 0 Å². The average molecular weight is 278 g/mol. The Morgan fingerprint density at radius 3 is 2.33 bits per heavy atom. The first-order valence-electron chi connectivity index (χ1n) is 5.91. The second-order valence-electron chi connectivity index (χ2n) is 4.55. The molecule has 0 fully saturated rings. The SMILES string of the molecule is CCCCCC(CC)NC(=O)C(C)(C)Br. The van der Waals surface area contributed by atoms with Gasteiger partial charge in [0.05, 0.1) is 4.32 Å². The van der Waals surface area contributed by atoms with Crippen molar-refractivity contribution in [1.29, 1.82) is 0 Å². The molecule has 0 bridgehead atoms. The van der Waals surface area contributed by atoms with E-state index in [4.69, 9.17) is 0 Å². The maximum absolute atomic E-state index is 11.7. The second-order valence-corrected chi connectivity index (χ2v) is 6.53. The summed E-state index contributed by atoms with van der Waals surface area (Å²) in [5.74, 6) is 0.0887. The first-order valence-corrected chi connectivity index (χ1v) is 6.71. The maximum Gasteiger partial charge on any atom is 0.236 e. The summed E-state index contributed by atoms with van der Waals surface area (Å²) in [7, 11) is 0. The standard InChI is InChI=1S/C12H24BrNO/c1-5-7-8-9-10(6-2)14-11(15)12(3,4)13/h10H,5-9H2,1-4H3,(H,14,15). The van der Waals surface area contributed by atoms with Crippen LogP contribution in [0, 0.1) is 0 Å². The van der Waals surface area contributed by atoms with Crippen LogP contribution in [0.25, 0.3) is 0 Å². The van der Waals surface area contributed by atoms with Gasteiger partial charge in [-0.2, -0.15) is 0 Å². The van der Waals surface area contributed by atoms with Gasteiger partial charge in [-0.1, -0.05) is 49.0 Å². The van der Waals surface area contributed by atoms with Gasteiger partial charge < -0.3 is 5.32 Å². The lowest BCUT2D eigenvalue weighted by Crippen LogP contribution is -2.43. The molecule has 1 unspecified atom stereocenters. The van der Waals surface area contributed by atoms with Crippen LogP contribution < -0.4 is 5.32 Å². The molecule has 1 N–H and O–H groups in total. The van der Waals surface area contributed by atoms with Crippen LogP contribution in [0.1, 0.15) is 59.8 Å². The third-order valence-corrected chi connectivity index (χ3v) is 2.88. The Labute approximate surface area is 102 Å². The van der Waals surface area contributed by atoms with Gasteiger partial charge in [0.15, 0.2) is 0 Å². The topological polar surface area (TPSA) is 29.1 Å². The minimum absolute atomic E-state index is 0.0887. The molecule has 15 heavy (non-hydrogen) atoms. The summed E-state index contributed by atoms with van der Waals surface area (Å²) in [6.07, 6.45) is 5.80. The number of amides is 1. The Hall–Kier alpha value is -0.0500. The second kappa shape index (κ2) is 7.26. The van der Waals surface area contributed by atoms with E-state index in [1.165, 1.54) is 19.3 Å². The summed E-state index contributed by atoms with van der Waals surface area (Å²) in [6.45, 7) is 8.07.